The molecule has 0 amide bonds. The molecule has 0 N–H and O–H groups in total. The quantitative estimate of drug-likeness (QED) is 0.557. The lowest BCUT2D eigenvalue weighted by Gasteiger charge is -2.14. The molecule has 0 unspecified atom stereocenters. The highest BCUT2D eigenvalue weighted by Gasteiger charge is 2.32. The van der Waals surface area contributed by atoms with E-state index in [1.165, 1.54) is 6.08 Å². The molecule has 0 radical (unpaired) electrons. The summed E-state index contributed by atoms with van der Waals surface area (Å²) in [5, 5.41) is 1.92. The van der Waals surface area contributed by atoms with E-state index in [1.54, 1.807) is 32.2 Å². The van der Waals surface area contributed by atoms with E-state index >= 15 is 0 Å². The Bertz CT molecular complexity index is 835. The normalized spacial score (nSPS) is 15.0. The highest BCUT2D eigenvalue weighted by atomic mass is 16.5. The van der Waals surface area contributed by atoms with E-state index in [0.29, 0.717) is 12.2 Å². The Kier molecular flexibility index (Phi) is 5.56. The second-order valence-electron chi connectivity index (χ2n) is 6.25. The first-order chi connectivity index (χ1) is 12.6. The summed E-state index contributed by atoms with van der Waals surface area (Å²) in [7, 11) is 1.62. The average Bonchev–Trinajstić information content (AvgIpc) is 3.49. The second kappa shape index (κ2) is 8.04. The molecule has 1 aliphatic rings. The maximum Gasteiger partial charge on any atom is 0.338 e. The molecule has 26 heavy (non-hydrogen) atoms. The minimum Gasteiger partial charge on any atom is -0.497 e. The van der Waals surface area contributed by atoms with Gasteiger partial charge in [-0.3, -0.25) is 0 Å². The number of carbonyl (C=O) groups excluding carboxylic acids is 2. The average molecular weight is 354 g/mol. The molecule has 0 spiro atoms. The van der Waals surface area contributed by atoms with Crippen LogP contribution in [-0.2, 0) is 14.3 Å². The number of benzene rings is 2. The highest BCUT2D eigenvalue weighted by molar-refractivity contribution is 5.96. The van der Waals surface area contributed by atoms with Crippen molar-refractivity contribution in [3.63, 3.8) is 0 Å². The van der Waals surface area contributed by atoms with Crippen molar-refractivity contribution in [2.75, 3.05) is 13.7 Å². The molecule has 5 nitrogen and oxygen atoms in total. The Morgan fingerprint density at radius 3 is 2.58 bits per heavy atom. The van der Waals surface area contributed by atoms with Gasteiger partial charge in [0, 0.05) is 6.08 Å². The van der Waals surface area contributed by atoms with Crippen LogP contribution in [0.25, 0.3) is 10.8 Å². The number of rotatable bonds is 7. The van der Waals surface area contributed by atoms with Crippen molar-refractivity contribution in [1.29, 1.82) is 0 Å². The van der Waals surface area contributed by atoms with Crippen molar-refractivity contribution in [2.45, 2.75) is 25.9 Å². The van der Waals surface area contributed by atoms with E-state index in [2.05, 4.69) is 0 Å². The number of hydrogen-bond acceptors (Lipinski definition) is 5. The van der Waals surface area contributed by atoms with E-state index in [0.717, 1.165) is 29.4 Å². The van der Waals surface area contributed by atoms with Crippen molar-refractivity contribution in [2.24, 2.45) is 5.92 Å². The molecule has 2 aromatic carbocycles. The van der Waals surface area contributed by atoms with E-state index in [9.17, 15) is 9.59 Å². The number of fused-ring (bicyclic) bond motifs is 1. The number of hydrogen-bond donors (Lipinski definition) is 0. The SMILES string of the molecule is CCOC(=O)/C=C/[C@@H](OC(=O)c1ccc2cc(OC)ccc2c1)C1CC1. The van der Waals surface area contributed by atoms with E-state index < -0.39 is 18.0 Å². The van der Waals surface area contributed by atoms with Gasteiger partial charge in [-0.25, -0.2) is 9.59 Å². The molecule has 0 aromatic heterocycles. The Morgan fingerprint density at radius 2 is 1.88 bits per heavy atom. The second-order valence-corrected chi connectivity index (χ2v) is 6.25. The lowest BCUT2D eigenvalue weighted by atomic mass is 10.1. The predicted octanol–water partition coefficient (Wildman–Crippen LogP) is 3.90. The van der Waals surface area contributed by atoms with Crippen LogP contribution in [0.4, 0.5) is 0 Å². The van der Waals surface area contributed by atoms with Crippen LogP contribution in [0.1, 0.15) is 30.1 Å². The fourth-order valence-electron chi connectivity index (χ4n) is 2.75. The van der Waals surface area contributed by atoms with Gasteiger partial charge < -0.3 is 14.2 Å². The van der Waals surface area contributed by atoms with Gasteiger partial charge in [0.15, 0.2) is 0 Å². The van der Waals surface area contributed by atoms with Gasteiger partial charge in [0.1, 0.15) is 11.9 Å². The maximum absolute atomic E-state index is 12.5. The maximum atomic E-state index is 12.5. The molecule has 0 heterocycles. The molecule has 0 bridgehead atoms. The van der Waals surface area contributed by atoms with Gasteiger partial charge in [-0.05, 0) is 66.8 Å². The van der Waals surface area contributed by atoms with Gasteiger partial charge >= 0.3 is 11.9 Å². The number of carbonyl (C=O) groups is 2. The lowest BCUT2D eigenvalue weighted by molar-refractivity contribution is -0.137. The molecule has 1 fully saturated rings. The largest absolute Gasteiger partial charge is 0.497 e. The standard InChI is InChI=1S/C21H22O5/c1-3-25-20(22)11-10-19(14-4-5-14)26-21(23)17-7-6-16-13-18(24-2)9-8-15(16)12-17/h6-14,19H,3-5H2,1-2H3/b11-10+/t19-/m1/s1. The Hall–Kier alpha value is -2.82. The molecule has 5 heteroatoms. The third kappa shape index (κ3) is 4.42. The van der Waals surface area contributed by atoms with Gasteiger partial charge in [-0.1, -0.05) is 12.1 Å². The fraction of sp³-hybridized carbons (Fsp3) is 0.333. The summed E-state index contributed by atoms with van der Waals surface area (Å²) >= 11 is 0. The number of ether oxygens (including phenoxy) is 3. The summed E-state index contributed by atoms with van der Waals surface area (Å²) in [6, 6.07) is 11.1. The molecule has 1 saturated carbocycles. The number of esters is 2. The topological polar surface area (TPSA) is 61.8 Å². The summed E-state index contributed by atoms with van der Waals surface area (Å²) in [6.45, 7) is 2.07. The van der Waals surface area contributed by atoms with E-state index in [4.69, 9.17) is 14.2 Å². The van der Waals surface area contributed by atoms with Crippen LogP contribution in [0.15, 0.2) is 48.6 Å². The fourth-order valence-corrected chi connectivity index (χ4v) is 2.75. The molecule has 1 aliphatic carbocycles. The molecular formula is C21H22O5. The minimum absolute atomic E-state index is 0.273. The monoisotopic (exact) mass is 354 g/mol. The van der Waals surface area contributed by atoms with Crippen LogP contribution in [0.2, 0.25) is 0 Å². The van der Waals surface area contributed by atoms with Crippen LogP contribution < -0.4 is 4.74 Å². The van der Waals surface area contributed by atoms with Crippen molar-refractivity contribution < 1.29 is 23.8 Å². The van der Waals surface area contributed by atoms with Gasteiger partial charge in [0.05, 0.1) is 19.3 Å². The zero-order valence-corrected chi connectivity index (χ0v) is 14.9. The zero-order valence-electron chi connectivity index (χ0n) is 14.9. The summed E-state index contributed by atoms with van der Waals surface area (Å²) in [5.41, 5.74) is 0.484. The van der Waals surface area contributed by atoms with Crippen LogP contribution in [0, 0.1) is 5.92 Å². The van der Waals surface area contributed by atoms with Gasteiger partial charge in [-0.15, -0.1) is 0 Å². The lowest BCUT2D eigenvalue weighted by Crippen LogP contribution is -2.18. The number of methoxy groups -OCH3 is 1. The molecule has 0 saturated heterocycles. The summed E-state index contributed by atoms with van der Waals surface area (Å²) < 4.78 is 15.7. The first-order valence-corrected chi connectivity index (χ1v) is 8.74. The van der Waals surface area contributed by atoms with Crippen LogP contribution >= 0.6 is 0 Å². The molecule has 2 aromatic rings. The molecular weight excluding hydrogens is 332 g/mol. The Morgan fingerprint density at radius 1 is 1.15 bits per heavy atom. The van der Waals surface area contributed by atoms with Crippen molar-refractivity contribution in [3.8, 4) is 5.75 Å². The van der Waals surface area contributed by atoms with Gasteiger partial charge in [0.25, 0.3) is 0 Å². The molecule has 3 rings (SSSR count). The Balaban J connectivity index is 1.73. The van der Waals surface area contributed by atoms with Gasteiger partial charge in [-0.2, -0.15) is 0 Å². The first-order valence-electron chi connectivity index (χ1n) is 8.74. The zero-order chi connectivity index (χ0) is 18.5. The Labute approximate surface area is 152 Å². The smallest absolute Gasteiger partial charge is 0.338 e. The third-order valence-corrected chi connectivity index (χ3v) is 4.32. The third-order valence-electron chi connectivity index (χ3n) is 4.32. The minimum atomic E-state index is -0.422. The highest BCUT2D eigenvalue weighted by Crippen LogP contribution is 2.35. The van der Waals surface area contributed by atoms with E-state index in [1.807, 2.05) is 24.3 Å². The molecule has 0 aliphatic heterocycles. The summed E-state index contributed by atoms with van der Waals surface area (Å²) in [6.07, 6.45) is 4.54. The molecule has 136 valence electrons. The van der Waals surface area contributed by atoms with Crippen LogP contribution in [0.3, 0.4) is 0 Å². The van der Waals surface area contributed by atoms with Crippen molar-refractivity contribution in [3.05, 3.63) is 54.1 Å². The summed E-state index contributed by atoms with van der Waals surface area (Å²) in [5.74, 6) is 0.224. The van der Waals surface area contributed by atoms with Gasteiger partial charge in [0.2, 0.25) is 0 Å². The van der Waals surface area contributed by atoms with Crippen LogP contribution in [-0.4, -0.2) is 31.8 Å². The van der Waals surface area contributed by atoms with E-state index in [-0.39, 0.29) is 5.92 Å². The predicted molar refractivity (Wildman–Crippen MR) is 98.2 cm³/mol. The summed E-state index contributed by atoms with van der Waals surface area (Å²) in [4.78, 5) is 24.0. The van der Waals surface area contributed by atoms with Crippen molar-refractivity contribution >= 4 is 22.7 Å². The first kappa shape index (κ1) is 18.0. The van der Waals surface area contributed by atoms with Crippen molar-refractivity contribution in [1.82, 2.24) is 0 Å². The van der Waals surface area contributed by atoms with Crippen LogP contribution in [0.5, 0.6) is 5.75 Å². The molecule has 1 atom stereocenters.